The zero-order valence-corrected chi connectivity index (χ0v) is 10.1. The number of aromatic nitrogens is 1. The van der Waals surface area contributed by atoms with E-state index in [1.165, 1.54) is 0 Å². The zero-order chi connectivity index (χ0) is 10.8. The molecule has 0 unspecified atom stereocenters. The van der Waals surface area contributed by atoms with Crippen LogP contribution in [0.15, 0.2) is 41.0 Å². The van der Waals surface area contributed by atoms with Crippen LogP contribution >= 0.6 is 27.5 Å². The van der Waals surface area contributed by atoms with Gasteiger partial charge in [-0.2, -0.15) is 0 Å². The molecule has 0 fully saturated rings. The summed E-state index contributed by atoms with van der Waals surface area (Å²) in [6.07, 6.45) is 1.66. The van der Waals surface area contributed by atoms with Crippen molar-refractivity contribution >= 4 is 33.2 Å². The average Bonchev–Trinajstić information content (AvgIpc) is 2.23. The molecule has 1 heterocycles. The molecular weight excluding hydrogens is 275 g/mol. The number of nitrogen functional groups attached to an aromatic ring is 1. The number of halogens is 2. The molecule has 1 aromatic heterocycles. The van der Waals surface area contributed by atoms with Crippen molar-refractivity contribution < 1.29 is 0 Å². The number of para-hydroxylation sites is 1. The second-order valence-corrected chi connectivity index (χ2v) is 4.35. The van der Waals surface area contributed by atoms with Crippen molar-refractivity contribution in [2.45, 2.75) is 0 Å². The Labute approximate surface area is 101 Å². The summed E-state index contributed by atoms with van der Waals surface area (Å²) in [6, 6.07) is 9.47. The number of pyridine rings is 1. The van der Waals surface area contributed by atoms with Gasteiger partial charge in [0.2, 0.25) is 0 Å². The summed E-state index contributed by atoms with van der Waals surface area (Å²) < 4.78 is 0.880. The van der Waals surface area contributed by atoms with E-state index in [1.807, 2.05) is 30.3 Å². The van der Waals surface area contributed by atoms with Crippen LogP contribution in [-0.4, -0.2) is 4.98 Å². The molecule has 2 rings (SSSR count). The normalized spacial score (nSPS) is 10.3. The Morgan fingerprint density at radius 3 is 2.67 bits per heavy atom. The Balaban J connectivity index is 2.64. The highest BCUT2D eigenvalue weighted by atomic mass is 79.9. The lowest BCUT2D eigenvalue weighted by molar-refractivity contribution is 1.31. The van der Waals surface area contributed by atoms with Crippen molar-refractivity contribution in [3.8, 4) is 11.1 Å². The monoisotopic (exact) mass is 282 g/mol. The Hall–Kier alpha value is -1.06. The highest BCUT2D eigenvalue weighted by Crippen LogP contribution is 2.32. The van der Waals surface area contributed by atoms with Crippen LogP contribution in [-0.2, 0) is 0 Å². The summed E-state index contributed by atoms with van der Waals surface area (Å²) in [5, 5.41) is 0.455. The van der Waals surface area contributed by atoms with E-state index in [9.17, 15) is 0 Å². The molecule has 2 N–H and O–H groups in total. The minimum atomic E-state index is 0.455. The third-order valence-corrected chi connectivity index (χ3v) is 2.79. The van der Waals surface area contributed by atoms with Gasteiger partial charge in [-0.1, -0.05) is 29.8 Å². The van der Waals surface area contributed by atoms with Crippen LogP contribution in [0.4, 0.5) is 5.69 Å². The van der Waals surface area contributed by atoms with E-state index in [2.05, 4.69) is 20.9 Å². The van der Waals surface area contributed by atoms with Crippen molar-refractivity contribution in [2.75, 3.05) is 5.73 Å². The Morgan fingerprint density at radius 2 is 1.93 bits per heavy atom. The van der Waals surface area contributed by atoms with Gasteiger partial charge in [0, 0.05) is 27.5 Å². The molecule has 0 saturated carbocycles. The standard InChI is InChI=1S/C11H8BrClN2/c12-7-5-9(11(13)15-6-7)8-3-1-2-4-10(8)14/h1-6H,14H2. The Kier molecular flexibility index (Phi) is 2.93. The Morgan fingerprint density at radius 1 is 1.20 bits per heavy atom. The fourth-order valence-electron chi connectivity index (χ4n) is 1.35. The number of nitrogens with two attached hydrogens (primary N) is 1. The predicted octanol–water partition coefficient (Wildman–Crippen LogP) is 3.75. The second kappa shape index (κ2) is 4.21. The molecule has 0 aliphatic heterocycles. The molecule has 1 aromatic carbocycles. The van der Waals surface area contributed by atoms with E-state index in [0.717, 1.165) is 15.6 Å². The van der Waals surface area contributed by atoms with Crippen molar-refractivity contribution in [2.24, 2.45) is 0 Å². The van der Waals surface area contributed by atoms with Crippen LogP contribution in [0.1, 0.15) is 0 Å². The minimum absolute atomic E-state index is 0.455. The molecule has 76 valence electrons. The van der Waals surface area contributed by atoms with Crippen LogP contribution in [0, 0.1) is 0 Å². The van der Waals surface area contributed by atoms with E-state index in [4.69, 9.17) is 17.3 Å². The Bertz CT molecular complexity index is 500. The van der Waals surface area contributed by atoms with Gasteiger partial charge in [0.1, 0.15) is 5.15 Å². The molecule has 2 nitrogen and oxygen atoms in total. The summed E-state index contributed by atoms with van der Waals surface area (Å²) in [5.74, 6) is 0. The van der Waals surface area contributed by atoms with Gasteiger partial charge < -0.3 is 5.73 Å². The van der Waals surface area contributed by atoms with E-state index >= 15 is 0 Å². The molecule has 0 aliphatic rings. The first-order valence-corrected chi connectivity index (χ1v) is 5.51. The summed E-state index contributed by atoms with van der Waals surface area (Å²) in [7, 11) is 0. The molecule has 0 radical (unpaired) electrons. The van der Waals surface area contributed by atoms with Gasteiger partial charge in [-0.15, -0.1) is 0 Å². The van der Waals surface area contributed by atoms with Crippen molar-refractivity contribution in [3.63, 3.8) is 0 Å². The highest BCUT2D eigenvalue weighted by Gasteiger charge is 2.07. The van der Waals surface area contributed by atoms with Crippen LogP contribution in [0.25, 0.3) is 11.1 Å². The van der Waals surface area contributed by atoms with Crippen molar-refractivity contribution in [1.29, 1.82) is 0 Å². The molecule has 2 aromatic rings. The fourth-order valence-corrected chi connectivity index (χ4v) is 1.89. The van der Waals surface area contributed by atoms with E-state index in [-0.39, 0.29) is 0 Å². The van der Waals surface area contributed by atoms with Crippen LogP contribution < -0.4 is 5.73 Å². The summed E-state index contributed by atoms with van der Waals surface area (Å²) in [4.78, 5) is 4.06. The summed E-state index contributed by atoms with van der Waals surface area (Å²) in [5.41, 5.74) is 8.30. The van der Waals surface area contributed by atoms with Gasteiger partial charge in [-0.05, 0) is 28.1 Å². The number of hydrogen-bond acceptors (Lipinski definition) is 2. The lowest BCUT2D eigenvalue weighted by atomic mass is 10.1. The first-order chi connectivity index (χ1) is 7.18. The van der Waals surface area contributed by atoms with Crippen LogP contribution in [0.3, 0.4) is 0 Å². The first kappa shape index (κ1) is 10.5. The molecule has 4 heteroatoms. The number of rotatable bonds is 1. The number of benzene rings is 1. The molecule has 0 atom stereocenters. The van der Waals surface area contributed by atoms with E-state index in [1.54, 1.807) is 6.20 Å². The molecule has 0 amide bonds. The van der Waals surface area contributed by atoms with Gasteiger partial charge in [0.15, 0.2) is 0 Å². The maximum atomic E-state index is 6.02. The summed E-state index contributed by atoms with van der Waals surface area (Å²) in [6.45, 7) is 0. The van der Waals surface area contributed by atoms with Crippen molar-refractivity contribution in [1.82, 2.24) is 4.98 Å². The fraction of sp³-hybridized carbons (Fsp3) is 0. The number of anilines is 1. The highest BCUT2D eigenvalue weighted by molar-refractivity contribution is 9.10. The van der Waals surface area contributed by atoms with Gasteiger partial charge in [0.25, 0.3) is 0 Å². The predicted molar refractivity (Wildman–Crippen MR) is 66.8 cm³/mol. The van der Waals surface area contributed by atoms with Crippen molar-refractivity contribution in [3.05, 3.63) is 46.2 Å². The maximum absolute atomic E-state index is 6.02. The smallest absolute Gasteiger partial charge is 0.136 e. The largest absolute Gasteiger partial charge is 0.398 e. The molecule has 0 bridgehead atoms. The average molecular weight is 284 g/mol. The lowest BCUT2D eigenvalue weighted by Crippen LogP contribution is -1.91. The molecule has 0 aliphatic carbocycles. The molecule has 0 spiro atoms. The molecule has 15 heavy (non-hydrogen) atoms. The SMILES string of the molecule is Nc1ccccc1-c1cc(Br)cnc1Cl. The van der Waals surface area contributed by atoms with E-state index in [0.29, 0.717) is 10.8 Å². The molecular formula is C11H8BrClN2. The van der Waals surface area contributed by atoms with Gasteiger partial charge in [-0.3, -0.25) is 0 Å². The summed E-state index contributed by atoms with van der Waals surface area (Å²) >= 11 is 9.37. The lowest BCUT2D eigenvalue weighted by Gasteiger charge is -2.07. The number of nitrogens with zero attached hydrogens (tertiary/aromatic N) is 1. The van der Waals surface area contributed by atoms with Gasteiger partial charge in [-0.25, -0.2) is 4.98 Å². The quantitative estimate of drug-likeness (QED) is 0.639. The molecule has 0 saturated heterocycles. The van der Waals surface area contributed by atoms with E-state index < -0.39 is 0 Å². The number of hydrogen-bond donors (Lipinski definition) is 1. The topological polar surface area (TPSA) is 38.9 Å². The third-order valence-electron chi connectivity index (χ3n) is 2.06. The maximum Gasteiger partial charge on any atom is 0.136 e. The third kappa shape index (κ3) is 2.13. The second-order valence-electron chi connectivity index (χ2n) is 3.08. The van der Waals surface area contributed by atoms with Gasteiger partial charge in [0.05, 0.1) is 0 Å². The zero-order valence-electron chi connectivity index (χ0n) is 7.74. The van der Waals surface area contributed by atoms with Gasteiger partial charge >= 0.3 is 0 Å². The van der Waals surface area contributed by atoms with Crippen LogP contribution in [0.5, 0.6) is 0 Å². The first-order valence-electron chi connectivity index (χ1n) is 4.34. The van der Waals surface area contributed by atoms with Crippen LogP contribution in [0.2, 0.25) is 5.15 Å². The minimum Gasteiger partial charge on any atom is -0.398 e.